The van der Waals surface area contributed by atoms with Crippen LogP contribution in [0.1, 0.15) is 31.4 Å². The number of thiol groups is 1. The van der Waals surface area contributed by atoms with Crippen LogP contribution in [0.3, 0.4) is 0 Å². The van der Waals surface area contributed by atoms with Crippen LogP contribution in [0.5, 0.6) is 5.75 Å². The van der Waals surface area contributed by atoms with Crippen LogP contribution in [-0.2, 0) is 11.8 Å². The lowest BCUT2D eigenvalue weighted by atomic mass is 9.83. The summed E-state index contributed by atoms with van der Waals surface area (Å²) in [6.45, 7) is 7.36. The van der Waals surface area contributed by atoms with Crippen molar-refractivity contribution in [1.29, 1.82) is 0 Å². The van der Waals surface area contributed by atoms with E-state index in [4.69, 9.17) is 4.74 Å². The average Bonchev–Trinajstić information content (AvgIpc) is 2.38. The molecule has 0 atom stereocenters. The van der Waals surface area contributed by atoms with E-state index in [9.17, 15) is 0 Å². The first-order chi connectivity index (χ1) is 8.63. The summed E-state index contributed by atoms with van der Waals surface area (Å²) in [6, 6.07) is 6.65. The molecule has 0 spiro atoms. The fourth-order valence-electron chi connectivity index (χ4n) is 2.36. The zero-order valence-electron chi connectivity index (χ0n) is 11.3. The summed E-state index contributed by atoms with van der Waals surface area (Å²) >= 11 is 4.22. The SMILES string of the molecule is CC(C)(CNCCS)c1ccc2c(c1)CCCO2. The summed E-state index contributed by atoms with van der Waals surface area (Å²) in [5, 5.41) is 3.45. The number of aryl methyl sites for hydroxylation is 1. The molecule has 1 N–H and O–H groups in total. The lowest BCUT2D eigenvalue weighted by molar-refractivity contribution is 0.288. The van der Waals surface area contributed by atoms with Crippen molar-refractivity contribution in [3.8, 4) is 5.75 Å². The van der Waals surface area contributed by atoms with Crippen LogP contribution in [0.2, 0.25) is 0 Å². The topological polar surface area (TPSA) is 21.3 Å². The molecule has 0 fully saturated rings. The molecule has 2 nitrogen and oxygen atoms in total. The lowest BCUT2D eigenvalue weighted by Gasteiger charge is -2.28. The molecule has 0 bridgehead atoms. The minimum atomic E-state index is 0.148. The van der Waals surface area contributed by atoms with Crippen molar-refractivity contribution >= 4 is 12.6 Å². The number of nitrogens with one attached hydrogen (secondary N) is 1. The monoisotopic (exact) mass is 265 g/mol. The van der Waals surface area contributed by atoms with Gasteiger partial charge in [0.1, 0.15) is 5.75 Å². The second-order valence-corrected chi connectivity index (χ2v) is 6.01. The molecule has 0 saturated carbocycles. The second-order valence-electron chi connectivity index (χ2n) is 5.56. The Morgan fingerprint density at radius 3 is 3.00 bits per heavy atom. The van der Waals surface area contributed by atoms with Crippen molar-refractivity contribution in [1.82, 2.24) is 5.32 Å². The summed E-state index contributed by atoms with van der Waals surface area (Å²) in [5.41, 5.74) is 2.90. The second kappa shape index (κ2) is 5.98. The molecule has 100 valence electrons. The van der Waals surface area contributed by atoms with Gasteiger partial charge in [-0.25, -0.2) is 0 Å². The van der Waals surface area contributed by atoms with E-state index in [1.807, 2.05) is 0 Å². The van der Waals surface area contributed by atoms with E-state index in [1.165, 1.54) is 11.1 Å². The first-order valence-electron chi connectivity index (χ1n) is 6.71. The molecule has 0 unspecified atom stereocenters. The number of fused-ring (bicyclic) bond motifs is 1. The van der Waals surface area contributed by atoms with Crippen LogP contribution < -0.4 is 10.1 Å². The fourth-order valence-corrected chi connectivity index (χ4v) is 2.52. The van der Waals surface area contributed by atoms with Gasteiger partial charge in [0.25, 0.3) is 0 Å². The summed E-state index contributed by atoms with van der Waals surface area (Å²) in [4.78, 5) is 0. The Morgan fingerprint density at radius 2 is 2.22 bits per heavy atom. The third-order valence-electron chi connectivity index (χ3n) is 3.55. The molecule has 0 aromatic heterocycles. The first-order valence-corrected chi connectivity index (χ1v) is 7.34. The quantitative estimate of drug-likeness (QED) is 0.631. The molecule has 0 amide bonds. The van der Waals surface area contributed by atoms with Crippen molar-refractivity contribution in [3.63, 3.8) is 0 Å². The van der Waals surface area contributed by atoms with Crippen LogP contribution in [0, 0.1) is 0 Å². The zero-order chi connectivity index (χ0) is 13.0. The van der Waals surface area contributed by atoms with Crippen molar-refractivity contribution in [3.05, 3.63) is 29.3 Å². The summed E-state index contributed by atoms with van der Waals surface area (Å²) in [6.07, 6.45) is 2.28. The van der Waals surface area contributed by atoms with Crippen LogP contribution >= 0.6 is 12.6 Å². The maximum absolute atomic E-state index is 5.66. The standard InChI is InChI=1S/C15H23NOS/c1-15(2,11-16-7-9-18)13-5-6-14-12(10-13)4-3-8-17-14/h5-6,10,16,18H,3-4,7-9,11H2,1-2H3. The Kier molecular flexibility index (Phi) is 4.57. The molecule has 0 radical (unpaired) electrons. The van der Waals surface area contributed by atoms with Gasteiger partial charge in [0.2, 0.25) is 0 Å². The Balaban J connectivity index is 2.11. The Hall–Kier alpha value is -0.670. The van der Waals surface area contributed by atoms with Crippen molar-refractivity contribution in [2.45, 2.75) is 32.1 Å². The smallest absolute Gasteiger partial charge is 0.122 e. The van der Waals surface area contributed by atoms with Gasteiger partial charge in [-0.15, -0.1) is 0 Å². The van der Waals surface area contributed by atoms with Crippen LogP contribution in [0.15, 0.2) is 18.2 Å². The van der Waals surface area contributed by atoms with E-state index in [0.717, 1.165) is 44.0 Å². The van der Waals surface area contributed by atoms with Crippen LogP contribution in [-0.4, -0.2) is 25.4 Å². The van der Waals surface area contributed by atoms with E-state index >= 15 is 0 Å². The van der Waals surface area contributed by atoms with Crippen molar-refractivity contribution in [2.75, 3.05) is 25.4 Å². The van der Waals surface area contributed by atoms with E-state index in [2.05, 4.69) is 50.0 Å². The van der Waals surface area contributed by atoms with Gasteiger partial charge in [-0.3, -0.25) is 0 Å². The molecule has 3 heteroatoms. The highest BCUT2D eigenvalue weighted by Crippen LogP contribution is 2.30. The number of benzene rings is 1. The Bertz CT molecular complexity index is 403. The minimum absolute atomic E-state index is 0.148. The van der Waals surface area contributed by atoms with Gasteiger partial charge < -0.3 is 10.1 Å². The molecule has 0 saturated heterocycles. The highest BCUT2D eigenvalue weighted by atomic mass is 32.1. The van der Waals surface area contributed by atoms with Gasteiger partial charge in [0.15, 0.2) is 0 Å². The van der Waals surface area contributed by atoms with Crippen LogP contribution in [0.25, 0.3) is 0 Å². The van der Waals surface area contributed by atoms with Gasteiger partial charge >= 0.3 is 0 Å². The highest BCUT2D eigenvalue weighted by Gasteiger charge is 2.22. The summed E-state index contributed by atoms with van der Waals surface area (Å²) < 4.78 is 5.66. The molecule has 0 aliphatic carbocycles. The summed E-state index contributed by atoms with van der Waals surface area (Å²) in [7, 11) is 0. The molecular weight excluding hydrogens is 242 g/mol. The maximum atomic E-state index is 5.66. The Morgan fingerprint density at radius 1 is 1.39 bits per heavy atom. The molecule has 1 aliphatic rings. The zero-order valence-corrected chi connectivity index (χ0v) is 12.2. The van der Waals surface area contributed by atoms with Gasteiger partial charge in [0.05, 0.1) is 6.61 Å². The normalized spacial score (nSPS) is 15.1. The van der Waals surface area contributed by atoms with E-state index < -0.39 is 0 Å². The number of ether oxygens (including phenoxy) is 1. The van der Waals surface area contributed by atoms with Crippen LogP contribution in [0.4, 0.5) is 0 Å². The number of rotatable bonds is 5. The largest absolute Gasteiger partial charge is 0.493 e. The molecule has 1 heterocycles. The third kappa shape index (κ3) is 3.21. The van der Waals surface area contributed by atoms with Gasteiger partial charge in [-0.1, -0.05) is 26.0 Å². The predicted molar refractivity (Wildman–Crippen MR) is 80.0 cm³/mol. The highest BCUT2D eigenvalue weighted by molar-refractivity contribution is 7.80. The first kappa shape index (κ1) is 13.8. The lowest BCUT2D eigenvalue weighted by Crippen LogP contribution is -2.34. The molecular formula is C15H23NOS. The third-order valence-corrected chi connectivity index (χ3v) is 3.77. The molecule has 1 aliphatic heterocycles. The van der Waals surface area contributed by atoms with Gasteiger partial charge in [0, 0.05) is 24.3 Å². The minimum Gasteiger partial charge on any atom is -0.493 e. The fraction of sp³-hybridized carbons (Fsp3) is 0.600. The molecule has 2 rings (SSSR count). The van der Waals surface area contributed by atoms with E-state index in [1.54, 1.807) is 0 Å². The van der Waals surface area contributed by atoms with Crippen molar-refractivity contribution < 1.29 is 4.74 Å². The maximum Gasteiger partial charge on any atom is 0.122 e. The molecule has 1 aromatic rings. The predicted octanol–water partition coefficient (Wildman–Crippen LogP) is 2.81. The van der Waals surface area contributed by atoms with Gasteiger partial charge in [-0.05, 0) is 30.0 Å². The number of hydrogen-bond acceptors (Lipinski definition) is 3. The average molecular weight is 265 g/mol. The molecule has 1 aromatic carbocycles. The van der Waals surface area contributed by atoms with Gasteiger partial charge in [-0.2, -0.15) is 12.6 Å². The Labute approximate surface area is 116 Å². The molecule has 18 heavy (non-hydrogen) atoms. The van der Waals surface area contributed by atoms with E-state index in [0.29, 0.717) is 0 Å². The summed E-state index contributed by atoms with van der Waals surface area (Å²) in [5.74, 6) is 1.96. The van der Waals surface area contributed by atoms with Crippen molar-refractivity contribution in [2.24, 2.45) is 0 Å². The van der Waals surface area contributed by atoms with E-state index in [-0.39, 0.29) is 5.41 Å². The number of hydrogen-bond donors (Lipinski definition) is 2.